The van der Waals surface area contributed by atoms with Crippen molar-refractivity contribution < 1.29 is 9.53 Å². The monoisotopic (exact) mass is 300 g/mol. The van der Waals surface area contributed by atoms with Crippen molar-refractivity contribution in [1.82, 2.24) is 19.4 Å². The van der Waals surface area contributed by atoms with Crippen LogP contribution in [-0.2, 0) is 11.3 Å². The maximum absolute atomic E-state index is 11.4. The number of ether oxygens (including phenoxy) is 1. The van der Waals surface area contributed by atoms with Crippen LogP contribution in [0, 0.1) is 11.3 Å². The summed E-state index contributed by atoms with van der Waals surface area (Å²) in [5.74, 6) is 0.552. The van der Waals surface area contributed by atoms with Crippen LogP contribution < -0.4 is 10.5 Å². The molecule has 8 nitrogen and oxygen atoms in total. The minimum absolute atomic E-state index is 0.0562. The first-order valence-corrected chi connectivity index (χ1v) is 6.50. The molecule has 0 atom stereocenters. The molecule has 0 saturated carbocycles. The van der Waals surface area contributed by atoms with Gasteiger partial charge in [0.1, 0.15) is 11.9 Å². The molecule has 2 aromatic heterocycles. The third kappa shape index (κ3) is 3.52. The van der Waals surface area contributed by atoms with Crippen molar-refractivity contribution in [2.75, 3.05) is 26.4 Å². The van der Waals surface area contributed by atoms with E-state index in [0.29, 0.717) is 18.2 Å². The molecule has 0 fully saturated rings. The topological polar surface area (TPSA) is 110 Å². The van der Waals surface area contributed by atoms with E-state index in [0.717, 1.165) is 5.56 Å². The van der Waals surface area contributed by atoms with Crippen LogP contribution in [0.5, 0.6) is 5.88 Å². The molecule has 2 aromatic rings. The van der Waals surface area contributed by atoms with E-state index in [1.54, 1.807) is 30.9 Å². The molecule has 0 unspecified atom stereocenters. The van der Waals surface area contributed by atoms with E-state index in [4.69, 9.17) is 15.7 Å². The van der Waals surface area contributed by atoms with Gasteiger partial charge in [-0.05, 0) is 5.56 Å². The summed E-state index contributed by atoms with van der Waals surface area (Å²) in [4.78, 5) is 20.9. The summed E-state index contributed by atoms with van der Waals surface area (Å²) >= 11 is 0. The molecule has 2 N–H and O–H groups in total. The van der Waals surface area contributed by atoms with E-state index >= 15 is 0 Å². The molecule has 0 saturated heterocycles. The van der Waals surface area contributed by atoms with Crippen molar-refractivity contribution in [1.29, 1.82) is 5.26 Å². The number of nitrogens with zero attached hydrogens (tertiary/aromatic N) is 5. The molecule has 0 aromatic carbocycles. The van der Waals surface area contributed by atoms with Gasteiger partial charge in [0, 0.05) is 26.4 Å². The summed E-state index contributed by atoms with van der Waals surface area (Å²) in [5, 5.41) is 8.81. The summed E-state index contributed by atoms with van der Waals surface area (Å²) in [6.07, 6.45) is 3.13. The molecular formula is C14H16N6O2. The van der Waals surface area contributed by atoms with Crippen LogP contribution in [-0.4, -0.2) is 46.0 Å². The predicted molar refractivity (Wildman–Crippen MR) is 78.9 cm³/mol. The van der Waals surface area contributed by atoms with E-state index in [2.05, 4.69) is 9.97 Å². The van der Waals surface area contributed by atoms with Crippen molar-refractivity contribution in [2.45, 2.75) is 6.54 Å². The highest BCUT2D eigenvalue weighted by molar-refractivity contribution is 5.77. The highest BCUT2D eigenvalue weighted by Crippen LogP contribution is 2.13. The lowest BCUT2D eigenvalue weighted by molar-refractivity contribution is -0.130. The molecule has 0 aliphatic heterocycles. The van der Waals surface area contributed by atoms with Crippen molar-refractivity contribution >= 4 is 11.7 Å². The van der Waals surface area contributed by atoms with Crippen molar-refractivity contribution in [3.8, 4) is 11.9 Å². The molecule has 22 heavy (non-hydrogen) atoms. The number of anilines is 1. The number of nitrogen functional groups attached to an aromatic ring is 1. The summed E-state index contributed by atoms with van der Waals surface area (Å²) < 4.78 is 6.95. The smallest absolute Gasteiger partial charge is 0.260 e. The molecule has 0 spiro atoms. The fraction of sp³-hybridized carbons (Fsp3) is 0.286. The van der Waals surface area contributed by atoms with Crippen molar-refractivity contribution in [3.05, 3.63) is 35.9 Å². The Morgan fingerprint density at radius 3 is 2.77 bits per heavy atom. The Morgan fingerprint density at radius 2 is 2.23 bits per heavy atom. The van der Waals surface area contributed by atoms with Crippen LogP contribution in [0.2, 0.25) is 0 Å². The molecule has 0 radical (unpaired) electrons. The van der Waals surface area contributed by atoms with Gasteiger partial charge in [-0.3, -0.25) is 4.79 Å². The molecule has 0 aliphatic carbocycles. The zero-order valence-corrected chi connectivity index (χ0v) is 12.4. The summed E-state index contributed by atoms with van der Waals surface area (Å²) in [6.45, 7) is 0.393. The van der Waals surface area contributed by atoms with Crippen LogP contribution in [0.15, 0.2) is 24.7 Å². The van der Waals surface area contributed by atoms with Crippen LogP contribution in [0.1, 0.15) is 11.3 Å². The van der Waals surface area contributed by atoms with Gasteiger partial charge >= 0.3 is 0 Å². The number of likely N-dealkylation sites (N-methyl/N-ethyl adjacent to an activating group) is 1. The average Bonchev–Trinajstić information content (AvgIpc) is 2.86. The van der Waals surface area contributed by atoms with Gasteiger partial charge in [-0.15, -0.1) is 0 Å². The number of hydrogen-bond acceptors (Lipinski definition) is 6. The van der Waals surface area contributed by atoms with Crippen LogP contribution in [0.3, 0.4) is 0 Å². The summed E-state index contributed by atoms with van der Waals surface area (Å²) in [6, 6.07) is 5.41. The Balaban J connectivity index is 1.98. The summed E-state index contributed by atoms with van der Waals surface area (Å²) in [5.41, 5.74) is 6.87. The summed E-state index contributed by atoms with van der Waals surface area (Å²) in [7, 11) is 3.32. The molecule has 8 heteroatoms. The zero-order chi connectivity index (χ0) is 16.1. The van der Waals surface area contributed by atoms with Gasteiger partial charge in [-0.25, -0.2) is 9.97 Å². The van der Waals surface area contributed by atoms with E-state index < -0.39 is 0 Å². The van der Waals surface area contributed by atoms with Gasteiger partial charge in [0.2, 0.25) is 5.88 Å². The number of carbonyl (C=O) groups excluding carboxylic acids is 1. The Kier molecular flexibility index (Phi) is 4.58. The second-order valence-corrected chi connectivity index (χ2v) is 4.80. The first-order chi connectivity index (χ1) is 10.5. The maximum atomic E-state index is 11.4. The van der Waals surface area contributed by atoms with E-state index in [1.807, 2.05) is 12.1 Å². The standard InChI is InChI=1S/C14H16N6O2/c1-19(2)13(21)8-22-12-4-3-10(6-17-12)7-20-9-18-11(5-15)14(20)16/h3-4,6,9H,7-8,16H2,1-2H3. The zero-order valence-electron chi connectivity index (χ0n) is 12.4. The highest BCUT2D eigenvalue weighted by atomic mass is 16.5. The molecule has 1 amide bonds. The van der Waals surface area contributed by atoms with Crippen LogP contribution in [0.25, 0.3) is 0 Å². The third-order valence-corrected chi connectivity index (χ3v) is 2.98. The number of aromatic nitrogens is 3. The number of hydrogen-bond donors (Lipinski definition) is 1. The van der Waals surface area contributed by atoms with Crippen molar-refractivity contribution in [3.63, 3.8) is 0 Å². The first-order valence-electron chi connectivity index (χ1n) is 6.50. The quantitative estimate of drug-likeness (QED) is 0.847. The fourth-order valence-electron chi connectivity index (χ4n) is 1.66. The predicted octanol–water partition coefficient (Wildman–Crippen LogP) is 0.247. The van der Waals surface area contributed by atoms with E-state index in [9.17, 15) is 4.79 Å². The number of nitrogens with two attached hydrogens (primary N) is 1. The molecule has 2 rings (SSSR count). The number of carbonyl (C=O) groups is 1. The highest BCUT2D eigenvalue weighted by Gasteiger charge is 2.08. The molecule has 0 aliphatic rings. The Morgan fingerprint density at radius 1 is 1.45 bits per heavy atom. The van der Waals surface area contributed by atoms with Gasteiger partial charge in [0.05, 0.1) is 12.9 Å². The minimum atomic E-state index is -0.138. The lowest BCUT2D eigenvalue weighted by atomic mass is 10.3. The van der Waals surface area contributed by atoms with Crippen molar-refractivity contribution in [2.24, 2.45) is 0 Å². The largest absolute Gasteiger partial charge is 0.468 e. The third-order valence-electron chi connectivity index (χ3n) is 2.98. The number of amides is 1. The average molecular weight is 300 g/mol. The number of rotatable bonds is 5. The van der Waals surface area contributed by atoms with Gasteiger partial charge in [-0.2, -0.15) is 5.26 Å². The second-order valence-electron chi connectivity index (χ2n) is 4.80. The Bertz CT molecular complexity index is 699. The van der Waals surface area contributed by atoms with Crippen LogP contribution in [0.4, 0.5) is 5.82 Å². The first kappa shape index (κ1) is 15.3. The van der Waals surface area contributed by atoms with Gasteiger partial charge in [-0.1, -0.05) is 6.07 Å². The minimum Gasteiger partial charge on any atom is -0.468 e. The van der Waals surface area contributed by atoms with Gasteiger partial charge < -0.3 is 19.9 Å². The number of nitriles is 1. The molecule has 2 heterocycles. The van der Waals surface area contributed by atoms with E-state index in [-0.39, 0.29) is 18.2 Å². The van der Waals surface area contributed by atoms with Gasteiger partial charge in [0.15, 0.2) is 12.3 Å². The Hall–Kier alpha value is -3.08. The maximum Gasteiger partial charge on any atom is 0.260 e. The SMILES string of the molecule is CN(C)C(=O)COc1ccc(Cn2cnc(C#N)c2N)cn1. The number of imidazole rings is 1. The lowest BCUT2D eigenvalue weighted by Gasteiger charge is -2.11. The van der Waals surface area contributed by atoms with Gasteiger partial charge in [0.25, 0.3) is 5.91 Å². The normalized spacial score (nSPS) is 10.0. The number of pyridine rings is 1. The Labute approximate surface area is 127 Å². The fourth-order valence-corrected chi connectivity index (χ4v) is 1.66. The lowest BCUT2D eigenvalue weighted by Crippen LogP contribution is -2.27. The second kappa shape index (κ2) is 6.58. The molecule has 114 valence electrons. The van der Waals surface area contributed by atoms with Crippen LogP contribution >= 0.6 is 0 Å². The van der Waals surface area contributed by atoms with E-state index in [1.165, 1.54) is 11.2 Å². The molecular weight excluding hydrogens is 284 g/mol. The molecule has 0 bridgehead atoms.